The summed E-state index contributed by atoms with van der Waals surface area (Å²) in [4.78, 5) is 3.43. The summed E-state index contributed by atoms with van der Waals surface area (Å²) in [7, 11) is 1.31. The number of halogens is 3. The number of hydrogen-bond acceptors (Lipinski definition) is 3. The molecule has 0 unspecified atom stereocenters. The number of hydrogen-bond donors (Lipinski definition) is 0. The maximum Gasteiger partial charge on any atom is 0.433 e. The lowest BCUT2D eigenvalue weighted by Gasteiger charge is -2.15. The van der Waals surface area contributed by atoms with E-state index < -0.39 is 17.6 Å². The first kappa shape index (κ1) is 11.5. The Hall–Kier alpha value is -1.98. The summed E-state index contributed by atoms with van der Waals surface area (Å²) in [5.41, 5.74) is -1.28. The molecule has 0 aliphatic carbocycles. The topological polar surface area (TPSA) is 45.2 Å². The lowest BCUT2D eigenvalue weighted by Crippen LogP contribution is -2.09. The number of alkyl halides is 3. The molecule has 0 aliphatic rings. The fourth-order valence-electron chi connectivity index (χ4n) is 1.50. The molecule has 0 saturated carbocycles. The van der Waals surface area contributed by atoms with Crippen LogP contribution in [0, 0.1) is 0 Å². The van der Waals surface area contributed by atoms with Crippen molar-refractivity contribution in [2.24, 2.45) is 0 Å². The van der Waals surface area contributed by atoms with Crippen molar-refractivity contribution >= 4 is 10.9 Å². The fourth-order valence-corrected chi connectivity index (χ4v) is 1.50. The van der Waals surface area contributed by atoms with Gasteiger partial charge in [-0.05, 0) is 17.5 Å². The van der Waals surface area contributed by atoms with E-state index in [1.807, 2.05) is 0 Å². The van der Waals surface area contributed by atoms with Gasteiger partial charge in [-0.1, -0.05) is 17.9 Å². The average molecular weight is 242 g/mol. The number of rotatable bonds is 1. The Balaban J connectivity index is 2.79. The number of methoxy groups -OCH3 is 1. The SMILES string of the molecule is COc1cccc2c([O-])cc(C(F)(F)F)nc12. The molecule has 2 aromatic rings. The molecule has 0 amide bonds. The van der Waals surface area contributed by atoms with Crippen molar-refractivity contribution in [3.05, 3.63) is 30.0 Å². The van der Waals surface area contributed by atoms with Crippen molar-refractivity contribution in [2.75, 3.05) is 7.11 Å². The van der Waals surface area contributed by atoms with Crippen LogP contribution in [0.4, 0.5) is 13.2 Å². The second-order valence-electron chi connectivity index (χ2n) is 3.36. The Bertz CT molecular complexity index is 566. The summed E-state index contributed by atoms with van der Waals surface area (Å²) in [6, 6.07) is 4.88. The van der Waals surface area contributed by atoms with E-state index in [-0.39, 0.29) is 16.7 Å². The first-order chi connectivity index (χ1) is 7.93. The highest BCUT2D eigenvalue weighted by Gasteiger charge is 2.32. The molecule has 1 aromatic heterocycles. The minimum absolute atomic E-state index is 0.0742. The third-order valence-electron chi connectivity index (χ3n) is 2.27. The Morgan fingerprint density at radius 1 is 1.29 bits per heavy atom. The van der Waals surface area contributed by atoms with Gasteiger partial charge in [0.15, 0.2) is 0 Å². The van der Waals surface area contributed by atoms with Gasteiger partial charge in [0.25, 0.3) is 0 Å². The van der Waals surface area contributed by atoms with Crippen molar-refractivity contribution in [2.45, 2.75) is 6.18 Å². The summed E-state index contributed by atoms with van der Waals surface area (Å²) >= 11 is 0. The minimum atomic E-state index is -4.64. The lowest BCUT2D eigenvalue weighted by molar-refractivity contribution is -0.266. The van der Waals surface area contributed by atoms with E-state index in [1.54, 1.807) is 0 Å². The molecule has 6 heteroatoms. The highest BCUT2D eigenvalue weighted by Crippen LogP contribution is 2.35. The molecule has 0 fully saturated rings. The summed E-state index contributed by atoms with van der Waals surface area (Å²) in [5, 5.41) is 11.6. The van der Waals surface area contributed by atoms with Crippen molar-refractivity contribution in [1.29, 1.82) is 0 Å². The van der Waals surface area contributed by atoms with Crippen LogP contribution in [0.2, 0.25) is 0 Å². The van der Waals surface area contributed by atoms with Gasteiger partial charge >= 0.3 is 6.18 Å². The van der Waals surface area contributed by atoms with Crippen molar-refractivity contribution in [1.82, 2.24) is 4.98 Å². The van der Waals surface area contributed by atoms with Gasteiger partial charge in [0, 0.05) is 0 Å². The summed E-state index contributed by atoms with van der Waals surface area (Å²) in [5.74, 6) is -0.577. The van der Waals surface area contributed by atoms with Crippen molar-refractivity contribution < 1.29 is 23.0 Å². The van der Waals surface area contributed by atoms with Crippen LogP contribution in [0.25, 0.3) is 10.9 Å². The van der Waals surface area contributed by atoms with Crippen LogP contribution in [0.1, 0.15) is 5.69 Å². The van der Waals surface area contributed by atoms with Gasteiger partial charge in [-0.2, -0.15) is 13.2 Å². The molecule has 1 aromatic carbocycles. The first-order valence-electron chi connectivity index (χ1n) is 4.65. The molecule has 2 rings (SSSR count). The van der Waals surface area contributed by atoms with E-state index in [1.165, 1.54) is 25.3 Å². The van der Waals surface area contributed by atoms with Gasteiger partial charge in [-0.15, -0.1) is 0 Å². The Kier molecular flexibility index (Phi) is 2.57. The molecule has 3 nitrogen and oxygen atoms in total. The van der Waals surface area contributed by atoms with Crippen LogP contribution in [0.3, 0.4) is 0 Å². The molecular weight excluding hydrogens is 235 g/mol. The summed E-state index contributed by atoms with van der Waals surface area (Å²) < 4.78 is 42.3. The Morgan fingerprint density at radius 3 is 2.59 bits per heavy atom. The quantitative estimate of drug-likeness (QED) is 0.770. The van der Waals surface area contributed by atoms with Crippen LogP contribution in [-0.2, 0) is 6.18 Å². The van der Waals surface area contributed by atoms with Gasteiger partial charge in [0.05, 0.1) is 7.11 Å². The zero-order valence-electron chi connectivity index (χ0n) is 8.71. The number of nitrogens with zero attached hydrogens (tertiary/aromatic N) is 1. The maximum absolute atomic E-state index is 12.5. The molecule has 0 radical (unpaired) electrons. The fraction of sp³-hybridized carbons (Fsp3) is 0.182. The average Bonchev–Trinajstić information content (AvgIpc) is 2.27. The highest BCUT2D eigenvalue weighted by atomic mass is 19.4. The van der Waals surface area contributed by atoms with Gasteiger partial charge in [0.2, 0.25) is 0 Å². The molecule has 90 valence electrons. The van der Waals surface area contributed by atoms with E-state index in [2.05, 4.69) is 4.98 Å². The van der Waals surface area contributed by atoms with E-state index in [4.69, 9.17) is 4.74 Å². The molecule has 0 saturated heterocycles. The number of fused-ring (bicyclic) bond motifs is 1. The molecule has 0 spiro atoms. The summed E-state index contributed by atoms with van der Waals surface area (Å²) in [6.45, 7) is 0. The predicted octanol–water partition coefficient (Wildman–Crippen LogP) is 2.34. The van der Waals surface area contributed by atoms with Crippen LogP contribution in [0.5, 0.6) is 11.5 Å². The normalized spacial score (nSPS) is 11.8. The Labute approximate surface area is 94.5 Å². The second kappa shape index (κ2) is 3.80. The smallest absolute Gasteiger partial charge is 0.433 e. The largest absolute Gasteiger partial charge is 0.872 e. The van der Waals surface area contributed by atoms with E-state index >= 15 is 0 Å². The molecule has 17 heavy (non-hydrogen) atoms. The number of ether oxygens (including phenoxy) is 1. The van der Waals surface area contributed by atoms with Gasteiger partial charge in [-0.3, -0.25) is 0 Å². The number of pyridine rings is 1. The van der Waals surface area contributed by atoms with E-state index in [0.717, 1.165) is 0 Å². The van der Waals surface area contributed by atoms with Crippen LogP contribution < -0.4 is 9.84 Å². The Morgan fingerprint density at radius 2 is 2.00 bits per heavy atom. The standard InChI is InChI=1S/C11H8F3NO2/c1-17-8-4-2-3-6-7(16)5-9(11(12,13)14)15-10(6)8/h2-5H,1H3,(H,15,16)/p-1. The zero-order valence-corrected chi connectivity index (χ0v) is 8.71. The molecule has 0 bridgehead atoms. The maximum atomic E-state index is 12.5. The third-order valence-corrected chi connectivity index (χ3v) is 2.27. The van der Waals surface area contributed by atoms with Gasteiger partial charge in [-0.25, -0.2) is 4.98 Å². The van der Waals surface area contributed by atoms with E-state index in [0.29, 0.717) is 6.07 Å². The lowest BCUT2D eigenvalue weighted by atomic mass is 10.1. The molecule has 1 heterocycles. The molecule has 0 aliphatic heterocycles. The molecule has 0 atom stereocenters. The minimum Gasteiger partial charge on any atom is -0.872 e. The third kappa shape index (κ3) is 1.98. The van der Waals surface area contributed by atoms with Gasteiger partial charge < -0.3 is 9.84 Å². The van der Waals surface area contributed by atoms with Crippen LogP contribution in [-0.4, -0.2) is 12.1 Å². The van der Waals surface area contributed by atoms with Crippen LogP contribution in [0.15, 0.2) is 24.3 Å². The number of benzene rings is 1. The van der Waals surface area contributed by atoms with E-state index in [9.17, 15) is 18.3 Å². The van der Waals surface area contributed by atoms with Gasteiger partial charge in [0.1, 0.15) is 17.0 Å². The molecule has 0 N–H and O–H groups in total. The molecular formula is C11H7F3NO2-. The van der Waals surface area contributed by atoms with Crippen LogP contribution >= 0.6 is 0 Å². The number of aromatic nitrogens is 1. The van der Waals surface area contributed by atoms with Crippen molar-refractivity contribution in [3.63, 3.8) is 0 Å². The predicted molar refractivity (Wildman–Crippen MR) is 52.7 cm³/mol. The zero-order chi connectivity index (χ0) is 12.6. The van der Waals surface area contributed by atoms with Crippen molar-refractivity contribution in [3.8, 4) is 11.5 Å². The first-order valence-corrected chi connectivity index (χ1v) is 4.65. The number of para-hydroxylation sites is 1. The second-order valence-corrected chi connectivity index (χ2v) is 3.36. The summed E-state index contributed by atoms with van der Waals surface area (Å²) in [6.07, 6.45) is -4.64. The highest BCUT2D eigenvalue weighted by molar-refractivity contribution is 5.89. The monoisotopic (exact) mass is 242 g/mol.